The molecule has 0 saturated carbocycles. The third-order valence-electron chi connectivity index (χ3n) is 2.19. The Bertz CT molecular complexity index is 232. The highest BCUT2D eigenvalue weighted by molar-refractivity contribution is 4.89. The molecule has 0 radical (unpaired) electrons. The lowest BCUT2D eigenvalue weighted by atomic mass is 10.1. The Morgan fingerprint density at radius 2 is 2.46 bits per heavy atom. The van der Waals surface area contributed by atoms with Crippen molar-refractivity contribution in [2.24, 2.45) is 5.92 Å². The average molecular weight is 182 g/mol. The van der Waals surface area contributed by atoms with Gasteiger partial charge in [-0.1, -0.05) is 0 Å². The summed E-state index contributed by atoms with van der Waals surface area (Å²) in [5.74, 6) is 0.720. The summed E-state index contributed by atoms with van der Waals surface area (Å²) in [5, 5.41) is 13.4. The van der Waals surface area contributed by atoms with Gasteiger partial charge >= 0.3 is 0 Å². The maximum atomic E-state index is 5.49. The maximum absolute atomic E-state index is 5.49. The quantitative estimate of drug-likeness (QED) is 0.607. The van der Waals surface area contributed by atoms with Crippen LogP contribution in [0.25, 0.3) is 0 Å². The predicted octanol–water partition coefficient (Wildman–Crippen LogP) is -0.417. The molecule has 0 amide bonds. The fourth-order valence-electron chi connectivity index (χ4n) is 1.24. The molecular formula is C8H14N4O. The predicted molar refractivity (Wildman–Crippen MR) is 47.3 cm³/mol. The summed E-state index contributed by atoms with van der Waals surface area (Å²) < 4.78 is 5.49. The molecule has 13 heavy (non-hydrogen) atoms. The molecule has 1 aliphatic rings. The van der Waals surface area contributed by atoms with E-state index < -0.39 is 0 Å². The number of aromatic amines is 1. The summed E-state index contributed by atoms with van der Waals surface area (Å²) in [6, 6.07) is 0. The highest BCUT2D eigenvalue weighted by Crippen LogP contribution is 2.03. The van der Waals surface area contributed by atoms with Gasteiger partial charge in [0.1, 0.15) is 0 Å². The van der Waals surface area contributed by atoms with E-state index in [2.05, 4.69) is 20.7 Å². The van der Waals surface area contributed by atoms with Crippen molar-refractivity contribution in [1.29, 1.82) is 0 Å². The summed E-state index contributed by atoms with van der Waals surface area (Å²) in [7, 11) is 0. The van der Waals surface area contributed by atoms with Crippen LogP contribution in [0.5, 0.6) is 0 Å². The largest absolute Gasteiger partial charge is 0.381 e. The van der Waals surface area contributed by atoms with E-state index in [1.807, 2.05) is 0 Å². The molecule has 0 bridgehead atoms. The summed E-state index contributed by atoms with van der Waals surface area (Å²) >= 11 is 0. The number of ether oxygens (including phenoxy) is 1. The molecule has 0 aliphatic carbocycles. The Balaban J connectivity index is 1.53. The van der Waals surface area contributed by atoms with Crippen molar-refractivity contribution in [3.8, 4) is 0 Å². The van der Waals surface area contributed by atoms with E-state index in [9.17, 15) is 0 Å². The van der Waals surface area contributed by atoms with E-state index in [1.165, 1.54) is 0 Å². The smallest absolute Gasteiger partial charge is 0.0847 e. The first-order valence-corrected chi connectivity index (χ1v) is 4.58. The van der Waals surface area contributed by atoms with Crippen LogP contribution in [0.3, 0.4) is 0 Å². The number of H-pyrrole nitrogens is 1. The van der Waals surface area contributed by atoms with Gasteiger partial charge in [-0.05, 0) is 0 Å². The van der Waals surface area contributed by atoms with E-state index in [0.29, 0.717) is 0 Å². The second-order valence-corrected chi connectivity index (χ2v) is 3.31. The lowest BCUT2D eigenvalue weighted by Crippen LogP contribution is -2.44. The number of rotatable bonds is 5. The highest BCUT2D eigenvalue weighted by Gasteiger charge is 2.15. The van der Waals surface area contributed by atoms with Crippen LogP contribution in [0.1, 0.15) is 5.69 Å². The van der Waals surface area contributed by atoms with Crippen LogP contribution in [0.2, 0.25) is 0 Å². The summed E-state index contributed by atoms with van der Waals surface area (Å²) in [5.41, 5.74) is 0.965. The van der Waals surface area contributed by atoms with Crippen LogP contribution in [0, 0.1) is 5.92 Å². The number of nitrogens with one attached hydrogen (secondary N) is 2. The normalized spacial score (nSPS) is 17.2. The lowest BCUT2D eigenvalue weighted by Gasteiger charge is -2.26. The van der Waals surface area contributed by atoms with Gasteiger partial charge in [-0.3, -0.25) is 0 Å². The first-order chi connectivity index (χ1) is 6.45. The fraction of sp³-hybridized carbons (Fsp3) is 0.750. The molecule has 2 rings (SSSR count). The Hall–Kier alpha value is -0.940. The van der Waals surface area contributed by atoms with Gasteiger partial charge in [0.25, 0.3) is 0 Å². The minimum Gasteiger partial charge on any atom is -0.381 e. The molecule has 1 fully saturated rings. The Morgan fingerprint density at radius 1 is 1.54 bits per heavy atom. The Morgan fingerprint density at radius 3 is 3.08 bits per heavy atom. The molecular weight excluding hydrogens is 168 g/mol. The fourth-order valence-corrected chi connectivity index (χ4v) is 1.24. The van der Waals surface area contributed by atoms with Crippen LogP contribution >= 0.6 is 0 Å². The minimum absolute atomic E-state index is 0.720. The third kappa shape index (κ3) is 2.50. The van der Waals surface area contributed by atoms with E-state index >= 15 is 0 Å². The molecule has 2 heterocycles. The Kier molecular flexibility index (Phi) is 2.89. The number of aromatic nitrogens is 3. The second-order valence-electron chi connectivity index (χ2n) is 3.31. The van der Waals surface area contributed by atoms with Gasteiger partial charge in [-0.15, -0.1) is 0 Å². The molecule has 72 valence electrons. The van der Waals surface area contributed by atoms with Crippen molar-refractivity contribution in [2.45, 2.75) is 6.42 Å². The molecule has 1 saturated heterocycles. The molecule has 1 aromatic rings. The van der Waals surface area contributed by atoms with E-state index in [0.717, 1.165) is 44.3 Å². The molecule has 2 N–H and O–H groups in total. The topological polar surface area (TPSA) is 62.8 Å². The van der Waals surface area contributed by atoms with Gasteiger partial charge < -0.3 is 10.1 Å². The molecule has 5 heteroatoms. The number of nitrogens with zero attached hydrogens (tertiary/aromatic N) is 2. The second kappa shape index (κ2) is 4.34. The van der Waals surface area contributed by atoms with Crippen molar-refractivity contribution in [1.82, 2.24) is 20.7 Å². The minimum atomic E-state index is 0.720. The van der Waals surface area contributed by atoms with Crippen molar-refractivity contribution in [2.75, 3.05) is 26.3 Å². The van der Waals surface area contributed by atoms with Gasteiger partial charge in [0, 0.05) is 25.4 Å². The maximum Gasteiger partial charge on any atom is 0.0847 e. The van der Waals surface area contributed by atoms with Gasteiger partial charge in [-0.25, -0.2) is 0 Å². The van der Waals surface area contributed by atoms with Crippen LogP contribution in [-0.2, 0) is 11.2 Å². The molecule has 5 nitrogen and oxygen atoms in total. The Labute approximate surface area is 76.9 Å². The first kappa shape index (κ1) is 8.65. The summed E-state index contributed by atoms with van der Waals surface area (Å²) in [4.78, 5) is 0. The van der Waals surface area contributed by atoms with Crippen molar-refractivity contribution < 1.29 is 4.74 Å². The van der Waals surface area contributed by atoms with E-state index in [4.69, 9.17) is 4.74 Å². The zero-order valence-electron chi connectivity index (χ0n) is 7.49. The molecule has 1 aliphatic heterocycles. The van der Waals surface area contributed by atoms with Crippen LogP contribution in [0.15, 0.2) is 6.20 Å². The van der Waals surface area contributed by atoms with E-state index in [-0.39, 0.29) is 0 Å². The summed E-state index contributed by atoms with van der Waals surface area (Å²) in [6.45, 7) is 3.81. The molecule has 0 atom stereocenters. The monoisotopic (exact) mass is 182 g/mol. The third-order valence-corrected chi connectivity index (χ3v) is 2.19. The van der Waals surface area contributed by atoms with Crippen molar-refractivity contribution in [3.63, 3.8) is 0 Å². The lowest BCUT2D eigenvalue weighted by molar-refractivity contribution is 0.0817. The highest BCUT2D eigenvalue weighted by atomic mass is 16.5. The van der Waals surface area contributed by atoms with Gasteiger partial charge in [-0.2, -0.15) is 15.4 Å². The van der Waals surface area contributed by atoms with Gasteiger partial charge in [0.15, 0.2) is 0 Å². The van der Waals surface area contributed by atoms with E-state index in [1.54, 1.807) is 6.20 Å². The van der Waals surface area contributed by atoms with Crippen LogP contribution in [0.4, 0.5) is 0 Å². The first-order valence-electron chi connectivity index (χ1n) is 4.58. The van der Waals surface area contributed by atoms with Gasteiger partial charge in [0.05, 0.1) is 25.1 Å². The van der Waals surface area contributed by atoms with Crippen molar-refractivity contribution in [3.05, 3.63) is 11.9 Å². The molecule has 0 aromatic carbocycles. The average Bonchev–Trinajstić information content (AvgIpc) is 2.53. The molecule has 1 aromatic heterocycles. The van der Waals surface area contributed by atoms with Crippen LogP contribution in [-0.4, -0.2) is 41.7 Å². The van der Waals surface area contributed by atoms with Crippen LogP contribution < -0.4 is 5.32 Å². The zero-order valence-corrected chi connectivity index (χ0v) is 7.49. The van der Waals surface area contributed by atoms with Crippen molar-refractivity contribution >= 4 is 0 Å². The summed E-state index contributed by atoms with van der Waals surface area (Å²) in [6.07, 6.45) is 2.57. The number of hydrogen-bond acceptors (Lipinski definition) is 4. The standard InChI is InChI=1S/C8H14N4O/c1(8-5-10-12-11-8)2-13-6-7-3-9-4-7/h5,7,9H,1-4,6H2,(H,10,11,12). The zero-order chi connectivity index (χ0) is 8.93. The van der Waals surface area contributed by atoms with Gasteiger partial charge in [0.2, 0.25) is 0 Å². The number of hydrogen-bond donors (Lipinski definition) is 2. The SMILES string of the molecule is c1n[nH]nc1CCOCC1CNC1. The molecule has 0 unspecified atom stereocenters. The molecule has 0 spiro atoms.